The molecule has 0 bridgehead atoms. The summed E-state index contributed by atoms with van der Waals surface area (Å²) in [6.07, 6.45) is 4.73. The van der Waals surface area contributed by atoms with Gasteiger partial charge in [0.1, 0.15) is 0 Å². The molecule has 2 heteroatoms. The van der Waals surface area contributed by atoms with Gasteiger partial charge in [0, 0.05) is 19.2 Å². The van der Waals surface area contributed by atoms with Crippen LogP contribution >= 0.6 is 0 Å². The predicted molar refractivity (Wildman–Crippen MR) is 55.9 cm³/mol. The van der Waals surface area contributed by atoms with E-state index in [0.717, 1.165) is 19.8 Å². The molecule has 0 aliphatic carbocycles. The molecule has 1 unspecified atom stereocenters. The third-order valence-electron chi connectivity index (χ3n) is 2.76. The first-order valence-corrected chi connectivity index (χ1v) is 5.23. The number of hydrogen-bond acceptors (Lipinski definition) is 2. The van der Waals surface area contributed by atoms with Crippen LogP contribution < -0.4 is 0 Å². The lowest BCUT2D eigenvalue weighted by Gasteiger charge is -2.31. The van der Waals surface area contributed by atoms with Gasteiger partial charge in [0.15, 0.2) is 0 Å². The molecule has 0 spiro atoms. The third kappa shape index (κ3) is 3.12. The van der Waals surface area contributed by atoms with Gasteiger partial charge >= 0.3 is 0 Å². The van der Waals surface area contributed by atoms with Gasteiger partial charge < -0.3 is 4.74 Å². The van der Waals surface area contributed by atoms with E-state index in [0.29, 0.717) is 6.04 Å². The van der Waals surface area contributed by atoms with E-state index < -0.39 is 0 Å². The van der Waals surface area contributed by atoms with E-state index in [-0.39, 0.29) is 0 Å². The Morgan fingerprint density at radius 1 is 1.54 bits per heavy atom. The van der Waals surface area contributed by atoms with Gasteiger partial charge in [0.05, 0.1) is 6.61 Å². The Labute approximate surface area is 81.6 Å². The van der Waals surface area contributed by atoms with E-state index in [1.54, 1.807) is 5.57 Å². The van der Waals surface area contributed by atoms with Crippen molar-refractivity contribution in [2.24, 2.45) is 0 Å². The summed E-state index contributed by atoms with van der Waals surface area (Å²) in [6, 6.07) is 0.597. The molecule has 0 aromatic carbocycles. The SMILES string of the molecule is CCOCC1CC(CC)=CCN1C. The lowest BCUT2D eigenvalue weighted by molar-refractivity contribution is 0.0784. The molecule has 0 aromatic rings. The molecule has 1 atom stereocenters. The molecule has 76 valence electrons. The number of likely N-dealkylation sites (N-methyl/N-ethyl adjacent to an activating group) is 1. The number of ether oxygens (including phenoxy) is 1. The van der Waals surface area contributed by atoms with Crippen LogP contribution in [0.4, 0.5) is 0 Å². The van der Waals surface area contributed by atoms with E-state index in [1.165, 1.54) is 12.8 Å². The van der Waals surface area contributed by atoms with E-state index in [9.17, 15) is 0 Å². The van der Waals surface area contributed by atoms with Crippen LogP contribution in [0.25, 0.3) is 0 Å². The molecule has 0 saturated carbocycles. The van der Waals surface area contributed by atoms with Crippen LogP contribution in [-0.4, -0.2) is 37.7 Å². The fourth-order valence-corrected chi connectivity index (χ4v) is 1.69. The van der Waals surface area contributed by atoms with Crippen molar-refractivity contribution in [3.05, 3.63) is 11.6 Å². The minimum Gasteiger partial charge on any atom is -0.380 e. The van der Waals surface area contributed by atoms with E-state index in [2.05, 4.69) is 31.9 Å². The second kappa shape index (κ2) is 5.40. The molecule has 0 radical (unpaired) electrons. The first-order chi connectivity index (χ1) is 6.27. The van der Waals surface area contributed by atoms with Crippen LogP contribution in [0.5, 0.6) is 0 Å². The van der Waals surface area contributed by atoms with Gasteiger partial charge in [-0.3, -0.25) is 4.90 Å². The average Bonchev–Trinajstić information content (AvgIpc) is 2.17. The van der Waals surface area contributed by atoms with Crippen molar-refractivity contribution in [2.75, 3.05) is 26.8 Å². The Morgan fingerprint density at radius 3 is 2.92 bits per heavy atom. The largest absolute Gasteiger partial charge is 0.380 e. The number of hydrogen-bond donors (Lipinski definition) is 0. The number of rotatable bonds is 4. The molecule has 1 rings (SSSR count). The smallest absolute Gasteiger partial charge is 0.0624 e. The molecule has 1 heterocycles. The minimum atomic E-state index is 0.597. The van der Waals surface area contributed by atoms with Crippen LogP contribution in [0.2, 0.25) is 0 Å². The van der Waals surface area contributed by atoms with Gasteiger partial charge in [0.2, 0.25) is 0 Å². The molecular formula is C11H21NO. The highest BCUT2D eigenvalue weighted by molar-refractivity contribution is 5.09. The summed E-state index contributed by atoms with van der Waals surface area (Å²) in [5.74, 6) is 0. The summed E-state index contributed by atoms with van der Waals surface area (Å²) in [6.45, 7) is 7.08. The first kappa shape index (κ1) is 10.7. The summed E-state index contributed by atoms with van der Waals surface area (Å²) < 4.78 is 5.47. The maximum atomic E-state index is 5.47. The highest BCUT2D eigenvalue weighted by Gasteiger charge is 2.19. The zero-order valence-electron chi connectivity index (χ0n) is 9.05. The molecule has 0 saturated heterocycles. The molecule has 0 amide bonds. The molecule has 13 heavy (non-hydrogen) atoms. The van der Waals surface area contributed by atoms with Gasteiger partial charge in [-0.25, -0.2) is 0 Å². The third-order valence-corrected chi connectivity index (χ3v) is 2.76. The summed E-state index contributed by atoms with van der Waals surface area (Å²) in [7, 11) is 2.17. The van der Waals surface area contributed by atoms with Crippen LogP contribution in [0.3, 0.4) is 0 Å². The van der Waals surface area contributed by atoms with Crippen molar-refractivity contribution in [2.45, 2.75) is 32.7 Å². The summed E-state index contributed by atoms with van der Waals surface area (Å²) in [4.78, 5) is 2.37. The van der Waals surface area contributed by atoms with Gasteiger partial charge in [-0.15, -0.1) is 0 Å². The van der Waals surface area contributed by atoms with Crippen molar-refractivity contribution in [1.82, 2.24) is 4.90 Å². The topological polar surface area (TPSA) is 12.5 Å². The van der Waals surface area contributed by atoms with Crippen LogP contribution in [0.15, 0.2) is 11.6 Å². The molecule has 2 nitrogen and oxygen atoms in total. The van der Waals surface area contributed by atoms with Crippen LogP contribution in [0, 0.1) is 0 Å². The second-order valence-electron chi connectivity index (χ2n) is 3.67. The van der Waals surface area contributed by atoms with Crippen molar-refractivity contribution in [3.63, 3.8) is 0 Å². The van der Waals surface area contributed by atoms with Crippen molar-refractivity contribution >= 4 is 0 Å². The van der Waals surface area contributed by atoms with Crippen molar-refractivity contribution in [1.29, 1.82) is 0 Å². The Hall–Kier alpha value is -0.340. The van der Waals surface area contributed by atoms with E-state index >= 15 is 0 Å². The molecule has 1 aliphatic rings. The lowest BCUT2D eigenvalue weighted by Crippen LogP contribution is -2.38. The fourth-order valence-electron chi connectivity index (χ4n) is 1.69. The quantitative estimate of drug-likeness (QED) is 0.619. The Balaban J connectivity index is 2.41. The highest BCUT2D eigenvalue weighted by atomic mass is 16.5. The maximum absolute atomic E-state index is 5.47. The van der Waals surface area contributed by atoms with Gasteiger partial charge in [-0.05, 0) is 26.8 Å². The summed E-state index contributed by atoms with van der Waals surface area (Å²) in [5.41, 5.74) is 1.59. The Morgan fingerprint density at radius 2 is 2.31 bits per heavy atom. The fraction of sp³-hybridized carbons (Fsp3) is 0.818. The van der Waals surface area contributed by atoms with Crippen LogP contribution in [-0.2, 0) is 4.74 Å². The van der Waals surface area contributed by atoms with E-state index in [1.807, 2.05) is 0 Å². The molecule has 0 aromatic heterocycles. The first-order valence-electron chi connectivity index (χ1n) is 5.23. The monoisotopic (exact) mass is 183 g/mol. The minimum absolute atomic E-state index is 0.597. The van der Waals surface area contributed by atoms with Crippen molar-refractivity contribution < 1.29 is 4.74 Å². The van der Waals surface area contributed by atoms with Gasteiger partial charge in [-0.1, -0.05) is 18.6 Å². The second-order valence-corrected chi connectivity index (χ2v) is 3.67. The summed E-state index contributed by atoms with van der Waals surface area (Å²) >= 11 is 0. The molecule has 0 fully saturated rings. The van der Waals surface area contributed by atoms with Gasteiger partial charge in [-0.2, -0.15) is 0 Å². The van der Waals surface area contributed by atoms with Crippen LogP contribution in [0.1, 0.15) is 26.7 Å². The van der Waals surface area contributed by atoms with Crippen molar-refractivity contribution in [3.8, 4) is 0 Å². The average molecular weight is 183 g/mol. The molecule has 1 aliphatic heterocycles. The standard InChI is InChI=1S/C11H21NO/c1-4-10-6-7-12(3)11(8-10)9-13-5-2/h6,11H,4-5,7-9H2,1-3H3. The molecular weight excluding hydrogens is 162 g/mol. The highest BCUT2D eigenvalue weighted by Crippen LogP contribution is 2.18. The number of nitrogens with zero attached hydrogens (tertiary/aromatic N) is 1. The molecule has 0 N–H and O–H groups in total. The maximum Gasteiger partial charge on any atom is 0.0624 e. The lowest BCUT2D eigenvalue weighted by atomic mass is 9.99. The zero-order valence-corrected chi connectivity index (χ0v) is 9.05. The zero-order chi connectivity index (χ0) is 9.68. The summed E-state index contributed by atoms with van der Waals surface area (Å²) in [5, 5.41) is 0. The van der Waals surface area contributed by atoms with E-state index in [4.69, 9.17) is 4.74 Å². The Kier molecular flexibility index (Phi) is 4.46. The van der Waals surface area contributed by atoms with Gasteiger partial charge in [0.25, 0.3) is 0 Å². The predicted octanol–water partition coefficient (Wildman–Crippen LogP) is 2.06. The Bertz CT molecular complexity index is 177. The normalized spacial score (nSPS) is 24.5.